The Hall–Kier alpha value is -1.72. The molecule has 0 amide bonds. The minimum atomic E-state index is -0.0140. The lowest BCUT2D eigenvalue weighted by Crippen LogP contribution is -2.32. The number of rotatable bonds is 5. The van der Waals surface area contributed by atoms with Gasteiger partial charge < -0.3 is 4.57 Å². The van der Waals surface area contributed by atoms with Gasteiger partial charge in [0.2, 0.25) is 0 Å². The minimum Gasteiger partial charge on any atom is -0.334 e. The average Bonchev–Trinajstić information content (AvgIpc) is 2.85. The maximum Gasteiger partial charge on any atom is 0.127 e. The third-order valence-electron chi connectivity index (χ3n) is 2.74. The van der Waals surface area contributed by atoms with Gasteiger partial charge in [0.05, 0.1) is 6.04 Å². The van der Waals surface area contributed by atoms with E-state index in [-0.39, 0.29) is 6.04 Å². The maximum absolute atomic E-state index is 5.60. The summed E-state index contributed by atoms with van der Waals surface area (Å²) in [6.45, 7) is 2.97. The number of hydrazine groups is 1. The summed E-state index contributed by atoms with van der Waals surface area (Å²) < 4.78 is 2.08. The number of nitrogens with two attached hydrogens (primary N) is 1. The van der Waals surface area contributed by atoms with E-state index in [1.54, 1.807) is 12.4 Å². The fourth-order valence-corrected chi connectivity index (χ4v) is 1.85. The van der Waals surface area contributed by atoms with E-state index < -0.39 is 0 Å². The van der Waals surface area contributed by atoms with Crippen molar-refractivity contribution >= 4 is 0 Å². The highest BCUT2D eigenvalue weighted by atomic mass is 15.3. The maximum atomic E-state index is 5.60. The van der Waals surface area contributed by atoms with Crippen molar-refractivity contribution in [3.63, 3.8) is 0 Å². The fourth-order valence-electron chi connectivity index (χ4n) is 1.85. The van der Waals surface area contributed by atoms with Crippen LogP contribution < -0.4 is 11.3 Å². The third kappa shape index (κ3) is 2.69. The number of hydrogen-bond donors (Lipinski definition) is 2. The molecule has 1 unspecified atom stereocenters. The van der Waals surface area contributed by atoms with Crippen LogP contribution in [0.4, 0.5) is 0 Å². The molecule has 0 bridgehead atoms. The Morgan fingerprint density at radius 2 is 2.24 bits per heavy atom. The average molecular weight is 231 g/mol. The molecule has 0 aromatic carbocycles. The predicted octanol–water partition coefficient (Wildman–Crippen LogP) is 1.05. The van der Waals surface area contributed by atoms with Crippen LogP contribution in [0.1, 0.15) is 24.5 Å². The molecule has 0 spiro atoms. The molecule has 0 fully saturated rings. The molecule has 0 saturated heterocycles. The predicted molar refractivity (Wildman–Crippen MR) is 65.9 cm³/mol. The summed E-state index contributed by atoms with van der Waals surface area (Å²) in [7, 11) is 0. The Bertz CT molecular complexity index is 451. The number of hydrogen-bond acceptors (Lipinski definition) is 4. The van der Waals surface area contributed by atoms with Crippen molar-refractivity contribution in [2.75, 3.05) is 0 Å². The topological polar surface area (TPSA) is 68.8 Å². The number of nitrogens with one attached hydrogen (secondary N) is 1. The van der Waals surface area contributed by atoms with Crippen molar-refractivity contribution in [1.29, 1.82) is 0 Å². The molecule has 3 N–H and O–H groups in total. The third-order valence-corrected chi connectivity index (χ3v) is 2.74. The summed E-state index contributed by atoms with van der Waals surface area (Å²) in [6.07, 6.45) is 6.27. The quantitative estimate of drug-likeness (QED) is 0.596. The van der Waals surface area contributed by atoms with Crippen LogP contribution in [0.3, 0.4) is 0 Å². The Labute approximate surface area is 101 Å². The van der Waals surface area contributed by atoms with Gasteiger partial charge in [-0.15, -0.1) is 0 Å². The first-order chi connectivity index (χ1) is 8.35. The highest BCUT2D eigenvalue weighted by Gasteiger charge is 2.15. The largest absolute Gasteiger partial charge is 0.334 e. The lowest BCUT2D eigenvalue weighted by Gasteiger charge is -2.16. The van der Waals surface area contributed by atoms with Crippen molar-refractivity contribution in [2.45, 2.75) is 25.9 Å². The standard InChI is InChI=1S/C12H17N5/c1-2-17-8-7-15-12(17)11(16-13)9-10-5-3-4-6-14-10/h3-8,11,16H,2,9,13H2,1H3. The van der Waals surface area contributed by atoms with Crippen molar-refractivity contribution in [1.82, 2.24) is 20.0 Å². The summed E-state index contributed by atoms with van der Waals surface area (Å²) in [5, 5.41) is 0. The summed E-state index contributed by atoms with van der Waals surface area (Å²) >= 11 is 0. The van der Waals surface area contributed by atoms with Gasteiger partial charge in [0.25, 0.3) is 0 Å². The molecule has 0 aliphatic carbocycles. The first-order valence-corrected chi connectivity index (χ1v) is 5.72. The number of aromatic nitrogens is 3. The molecule has 5 nitrogen and oxygen atoms in total. The zero-order valence-electron chi connectivity index (χ0n) is 9.87. The molecule has 5 heteroatoms. The number of imidazole rings is 1. The van der Waals surface area contributed by atoms with E-state index in [0.29, 0.717) is 0 Å². The van der Waals surface area contributed by atoms with Crippen LogP contribution in [-0.2, 0) is 13.0 Å². The van der Waals surface area contributed by atoms with E-state index in [1.165, 1.54) is 0 Å². The van der Waals surface area contributed by atoms with Gasteiger partial charge in [-0.25, -0.2) is 10.4 Å². The highest BCUT2D eigenvalue weighted by molar-refractivity contribution is 5.09. The number of nitrogens with zero attached hydrogens (tertiary/aromatic N) is 3. The Kier molecular flexibility index (Phi) is 3.85. The van der Waals surface area contributed by atoms with E-state index >= 15 is 0 Å². The van der Waals surface area contributed by atoms with Crippen LogP contribution in [0.25, 0.3) is 0 Å². The van der Waals surface area contributed by atoms with E-state index in [0.717, 1.165) is 24.5 Å². The van der Waals surface area contributed by atoms with E-state index in [1.807, 2.05) is 24.4 Å². The van der Waals surface area contributed by atoms with Gasteiger partial charge in [-0.05, 0) is 19.1 Å². The van der Waals surface area contributed by atoms with Gasteiger partial charge in [0.1, 0.15) is 5.82 Å². The van der Waals surface area contributed by atoms with Gasteiger partial charge in [-0.2, -0.15) is 0 Å². The van der Waals surface area contributed by atoms with Crippen LogP contribution >= 0.6 is 0 Å². The van der Waals surface area contributed by atoms with E-state index in [4.69, 9.17) is 5.84 Å². The van der Waals surface area contributed by atoms with E-state index in [9.17, 15) is 0 Å². The normalized spacial score (nSPS) is 12.6. The zero-order valence-corrected chi connectivity index (χ0v) is 9.87. The Balaban J connectivity index is 2.17. The summed E-state index contributed by atoms with van der Waals surface area (Å²) in [4.78, 5) is 8.65. The van der Waals surface area contributed by atoms with Gasteiger partial charge in [-0.3, -0.25) is 10.8 Å². The lowest BCUT2D eigenvalue weighted by atomic mass is 10.1. The minimum absolute atomic E-state index is 0.0140. The lowest BCUT2D eigenvalue weighted by molar-refractivity contribution is 0.492. The second kappa shape index (κ2) is 5.56. The zero-order chi connectivity index (χ0) is 12.1. The Morgan fingerprint density at radius 1 is 1.35 bits per heavy atom. The summed E-state index contributed by atoms with van der Waals surface area (Å²) in [5.74, 6) is 6.55. The molecule has 2 aromatic rings. The second-order valence-electron chi connectivity index (χ2n) is 3.82. The van der Waals surface area contributed by atoms with Crippen molar-refractivity contribution in [3.05, 3.63) is 48.3 Å². The number of pyridine rings is 1. The highest BCUT2D eigenvalue weighted by Crippen LogP contribution is 2.14. The van der Waals surface area contributed by atoms with Crippen LogP contribution in [-0.4, -0.2) is 14.5 Å². The van der Waals surface area contributed by atoms with E-state index in [2.05, 4.69) is 26.9 Å². The van der Waals surface area contributed by atoms with Crippen molar-refractivity contribution in [2.24, 2.45) is 5.84 Å². The van der Waals surface area contributed by atoms with Gasteiger partial charge in [0, 0.05) is 37.3 Å². The molecule has 0 aliphatic heterocycles. The molecule has 0 radical (unpaired) electrons. The molecule has 17 heavy (non-hydrogen) atoms. The monoisotopic (exact) mass is 231 g/mol. The SMILES string of the molecule is CCn1ccnc1C(Cc1ccccn1)NN. The first kappa shape index (κ1) is 11.8. The first-order valence-electron chi connectivity index (χ1n) is 5.72. The molecule has 2 aromatic heterocycles. The van der Waals surface area contributed by atoms with Crippen LogP contribution in [0.5, 0.6) is 0 Å². The van der Waals surface area contributed by atoms with Gasteiger partial charge in [-0.1, -0.05) is 6.07 Å². The number of aryl methyl sites for hydroxylation is 1. The second-order valence-corrected chi connectivity index (χ2v) is 3.82. The molecule has 2 heterocycles. The van der Waals surface area contributed by atoms with Gasteiger partial charge in [0.15, 0.2) is 0 Å². The molecular formula is C12H17N5. The summed E-state index contributed by atoms with van der Waals surface area (Å²) in [6, 6.07) is 5.85. The molecule has 90 valence electrons. The Morgan fingerprint density at radius 3 is 2.88 bits per heavy atom. The van der Waals surface area contributed by atoms with Gasteiger partial charge >= 0.3 is 0 Å². The molecule has 0 aliphatic rings. The molecule has 1 atom stereocenters. The van der Waals surface area contributed by atoms with Crippen molar-refractivity contribution in [3.8, 4) is 0 Å². The smallest absolute Gasteiger partial charge is 0.127 e. The van der Waals surface area contributed by atoms with Crippen LogP contribution in [0.15, 0.2) is 36.8 Å². The van der Waals surface area contributed by atoms with Crippen LogP contribution in [0, 0.1) is 0 Å². The molecule has 0 saturated carbocycles. The molecule has 2 rings (SSSR count). The van der Waals surface area contributed by atoms with Crippen molar-refractivity contribution < 1.29 is 0 Å². The fraction of sp³-hybridized carbons (Fsp3) is 0.333. The van der Waals surface area contributed by atoms with Crippen LogP contribution in [0.2, 0.25) is 0 Å². The summed E-state index contributed by atoms with van der Waals surface area (Å²) in [5.41, 5.74) is 3.81. The molecular weight excluding hydrogens is 214 g/mol.